The highest BCUT2D eigenvalue weighted by molar-refractivity contribution is 5.80. The second kappa shape index (κ2) is 5.59. The molecule has 2 rings (SSSR count). The van der Waals surface area contributed by atoms with Gasteiger partial charge in [-0.25, -0.2) is 4.79 Å². The van der Waals surface area contributed by atoms with E-state index < -0.39 is 5.97 Å². The lowest BCUT2D eigenvalue weighted by Crippen LogP contribution is -2.49. The fourth-order valence-corrected chi connectivity index (χ4v) is 2.64. The molecule has 1 N–H and O–H groups in total. The van der Waals surface area contributed by atoms with Crippen LogP contribution in [0.4, 0.5) is 4.79 Å². The van der Waals surface area contributed by atoms with Crippen LogP contribution in [-0.4, -0.2) is 52.6 Å². The van der Waals surface area contributed by atoms with E-state index in [-0.39, 0.29) is 18.6 Å². The molecule has 0 spiro atoms. The van der Waals surface area contributed by atoms with Crippen LogP contribution in [0, 0.1) is 5.92 Å². The SMILES string of the molecule is CCC1CCCN(C(=O)N(CC(=O)O)C2CC2)C1. The van der Waals surface area contributed by atoms with Gasteiger partial charge in [-0.15, -0.1) is 0 Å². The van der Waals surface area contributed by atoms with E-state index in [4.69, 9.17) is 5.11 Å². The van der Waals surface area contributed by atoms with Gasteiger partial charge in [-0.3, -0.25) is 4.79 Å². The van der Waals surface area contributed by atoms with Crippen LogP contribution in [0.25, 0.3) is 0 Å². The molecule has 5 nitrogen and oxygen atoms in total. The third-order valence-corrected chi connectivity index (χ3v) is 3.91. The van der Waals surface area contributed by atoms with Crippen LogP contribution in [-0.2, 0) is 4.79 Å². The Morgan fingerprint density at radius 3 is 2.61 bits per heavy atom. The molecule has 18 heavy (non-hydrogen) atoms. The molecule has 0 aromatic carbocycles. The van der Waals surface area contributed by atoms with E-state index in [1.807, 2.05) is 4.90 Å². The zero-order valence-corrected chi connectivity index (χ0v) is 11.0. The van der Waals surface area contributed by atoms with Crippen molar-refractivity contribution >= 4 is 12.0 Å². The normalized spacial score (nSPS) is 23.8. The van der Waals surface area contributed by atoms with Crippen LogP contribution in [0.2, 0.25) is 0 Å². The summed E-state index contributed by atoms with van der Waals surface area (Å²) in [7, 11) is 0. The largest absolute Gasteiger partial charge is 0.480 e. The van der Waals surface area contributed by atoms with Crippen molar-refractivity contribution in [3.63, 3.8) is 0 Å². The van der Waals surface area contributed by atoms with Crippen molar-refractivity contribution in [2.45, 2.75) is 45.1 Å². The van der Waals surface area contributed by atoms with Crippen molar-refractivity contribution in [3.05, 3.63) is 0 Å². The summed E-state index contributed by atoms with van der Waals surface area (Å²) in [5, 5.41) is 8.89. The number of amides is 2. The summed E-state index contributed by atoms with van der Waals surface area (Å²) < 4.78 is 0. The Morgan fingerprint density at radius 2 is 2.06 bits per heavy atom. The van der Waals surface area contributed by atoms with Crippen LogP contribution < -0.4 is 0 Å². The fraction of sp³-hybridized carbons (Fsp3) is 0.846. The van der Waals surface area contributed by atoms with Gasteiger partial charge in [0.05, 0.1) is 0 Å². The lowest BCUT2D eigenvalue weighted by molar-refractivity contribution is -0.137. The minimum absolute atomic E-state index is 0.0712. The highest BCUT2D eigenvalue weighted by atomic mass is 16.4. The first-order valence-electron chi connectivity index (χ1n) is 6.89. The van der Waals surface area contributed by atoms with Crippen LogP contribution in [0.5, 0.6) is 0 Å². The van der Waals surface area contributed by atoms with Gasteiger partial charge >= 0.3 is 12.0 Å². The molecule has 1 saturated carbocycles. The summed E-state index contributed by atoms with van der Waals surface area (Å²) in [5.41, 5.74) is 0. The number of urea groups is 1. The first-order valence-corrected chi connectivity index (χ1v) is 6.89. The molecule has 1 unspecified atom stereocenters. The summed E-state index contributed by atoms with van der Waals surface area (Å²) in [6.45, 7) is 3.56. The molecule has 1 aliphatic heterocycles. The van der Waals surface area contributed by atoms with Gasteiger partial charge in [0.2, 0.25) is 0 Å². The molecule has 0 bridgehead atoms. The van der Waals surface area contributed by atoms with E-state index in [0.29, 0.717) is 5.92 Å². The molecular formula is C13H22N2O3. The Kier molecular flexibility index (Phi) is 4.09. The van der Waals surface area contributed by atoms with Gasteiger partial charge in [0.15, 0.2) is 0 Å². The maximum absolute atomic E-state index is 12.4. The molecule has 1 atom stereocenters. The maximum atomic E-state index is 12.4. The zero-order valence-electron chi connectivity index (χ0n) is 11.0. The number of hydrogen-bond donors (Lipinski definition) is 1. The van der Waals surface area contributed by atoms with Crippen LogP contribution in [0.15, 0.2) is 0 Å². The Bertz CT molecular complexity index is 328. The molecule has 0 aromatic rings. The minimum Gasteiger partial charge on any atom is -0.480 e. The van der Waals surface area contributed by atoms with Crippen molar-refractivity contribution in [3.8, 4) is 0 Å². The van der Waals surface area contributed by atoms with Crippen LogP contribution in [0.3, 0.4) is 0 Å². The fourth-order valence-electron chi connectivity index (χ4n) is 2.64. The van der Waals surface area contributed by atoms with Crippen LogP contribution in [0.1, 0.15) is 39.0 Å². The summed E-state index contributed by atoms with van der Waals surface area (Å²) in [5.74, 6) is -0.340. The molecule has 2 amide bonds. The average molecular weight is 254 g/mol. The maximum Gasteiger partial charge on any atom is 0.323 e. The first kappa shape index (κ1) is 13.2. The van der Waals surface area contributed by atoms with E-state index >= 15 is 0 Å². The average Bonchev–Trinajstić information content (AvgIpc) is 3.19. The molecule has 1 saturated heterocycles. The van der Waals surface area contributed by atoms with Crippen molar-refractivity contribution < 1.29 is 14.7 Å². The van der Waals surface area contributed by atoms with Gasteiger partial charge in [0.25, 0.3) is 0 Å². The molecule has 5 heteroatoms. The van der Waals surface area contributed by atoms with Crippen molar-refractivity contribution in [1.29, 1.82) is 0 Å². The number of likely N-dealkylation sites (tertiary alicyclic amines) is 1. The van der Waals surface area contributed by atoms with Crippen molar-refractivity contribution in [2.24, 2.45) is 5.92 Å². The quantitative estimate of drug-likeness (QED) is 0.831. The van der Waals surface area contributed by atoms with Gasteiger partial charge in [0.1, 0.15) is 6.54 Å². The Morgan fingerprint density at radius 1 is 1.33 bits per heavy atom. The number of hydrogen-bond acceptors (Lipinski definition) is 2. The molecule has 102 valence electrons. The molecular weight excluding hydrogens is 232 g/mol. The van der Waals surface area contributed by atoms with Crippen molar-refractivity contribution in [2.75, 3.05) is 19.6 Å². The molecule has 0 radical (unpaired) electrons. The van der Waals surface area contributed by atoms with Gasteiger partial charge in [-0.05, 0) is 31.6 Å². The Hall–Kier alpha value is -1.26. The number of piperidine rings is 1. The minimum atomic E-state index is -0.917. The Labute approximate surface area is 108 Å². The summed E-state index contributed by atoms with van der Waals surface area (Å²) in [6.07, 6.45) is 5.21. The predicted molar refractivity (Wildman–Crippen MR) is 67.3 cm³/mol. The number of nitrogens with zero attached hydrogens (tertiary/aromatic N) is 2. The van der Waals surface area contributed by atoms with Gasteiger partial charge in [0, 0.05) is 19.1 Å². The van der Waals surface area contributed by atoms with E-state index in [0.717, 1.165) is 38.8 Å². The molecule has 0 aromatic heterocycles. The summed E-state index contributed by atoms with van der Waals surface area (Å²) in [4.78, 5) is 26.6. The standard InChI is InChI=1S/C13H22N2O3/c1-2-10-4-3-7-14(8-10)13(18)15(9-12(16)17)11-5-6-11/h10-11H,2-9H2,1H3,(H,16,17). The van der Waals surface area contributed by atoms with E-state index in [1.54, 1.807) is 4.90 Å². The third-order valence-electron chi connectivity index (χ3n) is 3.91. The lowest BCUT2D eigenvalue weighted by Gasteiger charge is -2.35. The molecule has 1 aliphatic carbocycles. The number of carboxylic acid groups (broad SMARTS) is 1. The Balaban J connectivity index is 1.96. The first-order chi connectivity index (χ1) is 8.61. The predicted octanol–water partition coefficient (Wildman–Crippen LogP) is 1.78. The second-order valence-corrected chi connectivity index (χ2v) is 5.40. The zero-order chi connectivity index (χ0) is 13.1. The summed E-state index contributed by atoms with van der Waals surface area (Å²) in [6, 6.07) is 0.0913. The topological polar surface area (TPSA) is 60.9 Å². The number of carbonyl (C=O) groups excluding carboxylic acids is 1. The third kappa shape index (κ3) is 3.15. The van der Waals surface area contributed by atoms with Crippen molar-refractivity contribution in [1.82, 2.24) is 9.80 Å². The van der Waals surface area contributed by atoms with Gasteiger partial charge in [-0.1, -0.05) is 13.3 Å². The summed E-state index contributed by atoms with van der Waals surface area (Å²) >= 11 is 0. The second-order valence-electron chi connectivity index (χ2n) is 5.40. The van der Waals surface area contributed by atoms with Gasteiger partial charge in [-0.2, -0.15) is 0 Å². The smallest absolute Gasteiger partial charge is 0.323 e. The number of carboxylic acids is 1. The number of rotatable bonds is 4. The number of aliphatic carboxylic acids is 1. The van der Waals surface area contributed by atoms with E-state index in [9.17, 15) is 9.59 Å². The molecule has 1 heterocycles. The highest BCUT2D eigenvalue weighted by Crippen LogP contribution is 2.29. The van der Waals surface area contributed by atoms with E-state index in [2.05, 4.69) is 6.92 Å². The monoisotopic (exact) mass is 254 g/mol. The number of carbonyl (C=O) groups is 2. The lowest BCUT2D eigenvalue weighted by atomic mass is 9.96. The highest BCUT2D eigenvalue weighted by Gasteiger charge is 2.37. The van der Waals surface area contributed by atoms with E-state index in [1.165, 1.54) is 6.42 Å². The molecule has 2 aliphatic rings. The molecule has 2 fully saturated rings. The van der Waals surface area contributed by atoms with Gasteiger partial charge < -0.3 is 14.9 Å². The van der Waals surface area contributed by atoms with Crippen LogP contribution >= 0.6 is 0 Å².